The number of methoxy groups -OCH3 is 1. The molecule has 1 saturated heterocycles. The van der Waals surface area contributed by atoms with Crippen LogP contribution in [0.25, 0.3) is 6.08 Å². The van der Waals surface area contributed by atoms with Crippen molar-refractivity contribution in [3.63, 3.8) is 0 Å². The molecule has 0 bridgehead atoms. The van der Waals surface area contributed by atoms with Crippen molar-refractivity contribution < 1.29 is 23.8 Å². The topological polar surface area (TPSA) is 80.7 Å². The van der Waals surface area contributed by atoms with Crippen molar-refractivity contribution in [3.05, 3.63) is 88.8 Å². The summed E-state index contributed by atoms with van der Waals surface area (Å²) in [4.78, 5) is 28.9. The van der Waals surface area contributed by atoms with Gasteiger partial charge in [0.05, 0.1) is 17.7 Å². The van der Waals surface area contributed by atoms with Crippen molar-refractivity contribution in [1.29, 1.82) is 0 Å². The SMILES string of the molecule is COC(=O)C1=NN(c2cccc(C)c2)[C@]2(S1)S/C(=C/c1ccc3c(c1)OCO3)C(=O)N2c1ccccc1. The molecule has 37 heavy (non-hydrogen) atoms. The molecule has 0 saturated carbocycles. The molecule has 6 rings (SSSR count). The highest BCUT2D eigenvalue weighted by Crippen LogP contribution is 2.59. The zero-order chi connectivity index (χ0) is 25.6. The van der Waals surface area contributed by atoms with Gasteiger partial charge >= 0.3 is 5.97 Å². The Morgan fingerprint density at radius 1 is 1.00 bits per heavy atom. The molecule has 3 aromatic carbocycles. The van der Waals surface area contributed by atoms with E-state index in [9.17, 15) is 9.59 Å². The van der Waals surface area contributed by atoms with Gasteiger partial charge in [0.1, 0.15) is 0 Å². The van der Waals surface area contributed by atoms with E-state index in [-0.39, 0.29) is 17.7 Å². The summed E-state index contributed by atoms with van der Waals surface area (Å²) in [7, 11) is 1.32. The predicted octanol–water partition coefficient (Wildman–Crippen LogP) is 5.20. The van der Waals surface area contributed by atoms with Crippen molar-refractivity contribution in [2.24, 2.45) is 5.10 Å². The van der Waals surface area contributed by atoms with Crippen molar-refractivity contribution in [2.45, 2.75) is 11.3 Å². The fraction of sp³-hybridized carbons (Fsp3) is 0.148. The molecule has 0 radical (unpaired) electrons. The minimum absolute atomic E-state index is 0.162. The number of hydrogen-bond donors (Lipinski definition) is 0. The van der Waals surface area contributed by atoms with Gasteiger partial charge in [-0.1, -0.05) is 48.2 Å². The van der Waals surface area contributed by atoms with Crippen molar-refractivity contribution in [3.8, 4) is 11.5 Å². The standard InChI is InChI=1S/C27H21N3O5S2/c1-17-7-6-10-20(13-17)30-27(37-24(28-30)26(32)33-2)29(19-8-4-3-5-9-19)25(31)23(36-27)15-18-11-12-21-22(14-18)35-16-34-21/h3-15H,16H2,1-2H3/b23-15+/t27-/m0/s1. The number of nitrogens with zero attached hydrogens (tertiary/aromatic N) is 3. The minimum Gasteiger partial charge on any atom is -0.464 e. The summed E-state index contributed by atoms with van der Waals surface area (Å²) in [6.45, 7) is 2.15. The molecule has 1 atom stereocenters. The molecule has 3 aliphatic rings. The molecule has 0 aromatic heterocycles. The lowest BCUT2D eigenvalue weighted by atomic mass is 10.2. The van der Waals surface area contributed by atoms with Crippen LogP contribution in [0.2, 0.25) is 0 Å². The third-order valence-corrected chi connectivity index (χ3v) is 8.64. The number of esters is 1. The average Bonchev–Trinajstić information content (AvgIpc) is 3.60. The van der Waals surface area contributed by atoms with Gasteiger partial charge in [-0.3, -0.25) is 9.69 Å². The Balaban J connectivity index is 1.50. The molecule has 186 valence electrons. The summed E-state index contributed by atoms with van der Waals surface area (Å²) >= 11 is 2.52. The Hall–Kier alpha value is -3.89. The number of thioether (sulfide) groups is 2. The molecule has 1 fully saturated rings. The van der Waals surface area contributed by atoms with Crippen LogP contribution in [0.4, 0.5) is 11.4 Å². The smallest absolute Gasteiger partial charge is 0.365 e. The summed E-state index contributed by atoms with van der Waals surface area (Å²) in [5, 5.41) is 6.56. The average molecular weight is 532 g/mol. The second-order valence-electron chi connectivity index (χ2n) is 8.40. The number of hydrogen-bond acceptors (Lipinski definition) is 9. The molecular weight excluding hydrogens is 510 g/mol. The van der Waals surface area contributed by atoms with Crippen LogP contribution in [-0.2, 0) is 14.3 Å². The fourth-order valence-corrected chi connectivity index (χ4v) is 7.17. The highest BCUT2D eigenvalue weighted by Gasteiger charge is 2.60. The number of benzene rings is 3. The number of carbonyl (C=O) groups is 2. The van der Waals surface area contributed by atoms with E-state index in [1.807, 2.05) is 85.8 Å². The lowest BCUT2D eigenvalue weighted by Crippen LogP contribution is -2.51. The molecule has 1 amide bonds. The van der Waals surface area contributed by atoms with E-state index in [2.05, 4.69) is 5.10 Å². The zero-order valence-corrected chi connectivity index (χ0v) is 21.5. The van der Waals surface area contributed by atoms with Gasteiger partial charge in [0.2, 0.25) is 16.2 Å². The van der Waals surface area contributed by atoms with Crippen molar-refractivity contribution >= 4 is 57.9 Å². The number of fused-ring (bicyclic) bond motifs is 1. The van der Waals surface area contributed by atoms with Gasteiger partial charge in [-0.2, -0.15) is 5.10 Å². The van der Waals surface area contributed by atoms with Crippen molar-refractivity contribution in [1.82, 2.24) is 0 Å². The van der Waals surface area contributed by atoms with Gasteiger partial charge in [-0.25, -0.2) is 9.80 Å². The van der Waals surface area contributed by atoms with E-state index < -0.39 is 10.3 Å². The van der Waals surface area contributed by atoms with Gasteiger partial charge in [0.25, 0.3) is 5.91 Å². The maximum Gasteiger partial charge on any atom is 0.365 e. The van der Waals surface area contributed by atoms with Gasteiger partial charge in [0, 0.05) is 5.69 Å². The third kappa shape index (κ3) is 4.02. The van der Waals surface area contributed by atoms with Crippen LogP contribution in [0, 0.1) is 6.92 Å². The van der Waals surface area contributed by atoms with E-state index in [1.54, 1.807) is 9.91 Å². The number of anilines is 2. The Labute approximate surface area is 221 Å². The van der Waals surface area contributed by atoms with Crippen LogP contribution in [0.1, 0.15) is 11.1 Å². The van der Waals surface area contributed by atoms with Crippen LogP contribution in [-0.4, -0.2) is 35.1 Å². The first-order valence-electron chi connectivity index (χ1n) is 11.4. The lowest BCUT2D eigenvalue weighted by molar-refractivity contribution is -0.132. The lowest BCUT2D eigenvalue weighted by Gasteiger charge is -2.38. The first kappa shape index (κ1) is 23.5. The number of rotatable bonds is 4. The molecule has 0 N–H and O–H groups in total. The van der Waals surface area contributed by atoms with Crippen LogP contribution in [0.15, 0.2) is 82.8 Å². The fourth-order valence-electron chi connectivity index (χ4n) is 4.27. The summed E-state index contributed by atoms with van der Waals surface area (Å²) in [5.41, 5.74) is 3.25. The predicted molar refractivity (Wildman–Crippen MR) is 145 cm³/mol. The number of ether oxygens (including phenoxy) is 3. The second-order valence-corrected chi connectivity index (χ2v) is 11.0. The van der Waals surface area contributed by atoms with Crippen molar-refractivity contribution in [2.75, 3.05) is 23.8 Å². The summed E-state index contributed by atoms with van der Waals surface area (Å²) < 4.78 is 14.8. The van der Waals surface area contributed by atoms with Crippen LogP contribution in [0.5, 0.6) is 11.5 Å². The number of aryl methyl sites for hydroxylation is 1. The molecule has 8 nitrogen and oxygen atoms in total. The molecule has 1 spiro atoms. The van der Waals surface area contributed by atoms with E-state index in [4.69, 9.17) is 14.2 Å². The molecule has 0 aliphatic carbocycles. The van der Waals surface area contributed by atoms with E-state index >= 15 is 0 Å². The monoisotopic (exact) mass is 531 g/mol. The minimum atomic E-state index is -1.13. The highest BCUT2D eigenvalue weighted by atomic mass is 32.2. The molecular formula is C27H21N3O5S2. The van der Waals surface area contributed by atoms with Crippen LogP contribution >= 0.6 is 23.5 Å². The quantitative estimate of drug-likeness (QED) is 0.336. The Kier molecular flexibility index (Phi) is 5.85. The summed E-state index contributed by atoms with van der Waals surface area (Å²) in [6, 6.07) is 22.7. The van der Waals surface area contributed by atoms with E-state index in [0.29, 0.717) is 22.1 Å². The summed E-state index contributed by atoms with van der Waals surface area (Å²) in [6.07, 6.45) is 1.82. The van der Waals surface area contributed by atoms with Crippen LogP contribution in [0.3, 0.4) is 0 Å². The molecule has 0 unspecified atom stereocenters. The Bertz CT molecular complexity index is 1480. The van der Waals surface area contributed by atoms with Crippen LogP contribution < -0.4 is 19.4 Å². The Morgan fingerprint density at radius 2 is 1.78 bits per heavy atom. The molecule has 3 heterocycles. The number of amides is 1. The van der Waals surface area contributed by atoms with Gasteiger partial charge in [-0.05, 0) is 72.3 Å². The first-order valence-corrected chi connectivity index (χ1v) is 13.0. The summed E-state index contributed by atoms with van der Waals surface area (Å²) in [5.74, 6) is 0.532. The number of carbonyl (C=O) groups excluding carboxylic acids is 2. The second kappa shape index (κ2) is 9.20. The Morgan fingerprint density at radius 3 is 2.57 bits per heavy atom. The molecule has 10 heteroatoms. The normalized spacial score (nSPS) is 21.2. The zero-order valence-electron chi connectivity index (χ0n) is 19.9. The van der Waals surface area contributed by atoms with E-state index in [0.717, 1.165) is 16.8 Å². The molecule has 3 aromatic rings. The maximum atomic E-state index is 14.1. The van der Waals surface area contributed by atoms with Gasteiger partial charge in [0.15, 0.2) is 11.5 Å². The largest absolute Gasteiger partial charge is 0.464 e. The van der Waals surface area contributed by atoms with E-state index in [1.165, 1.54) is 30.6 Å². The first-order chi connectivity index (χ1) is 18.0. The van der Waals surface area contributed by atoms with Gasteiger partial charge in [-0.15, -0.1) is 0 Å². The maximum absolute atomic E-state index is 14.1. The highest BCUT2D eigenvalue weighted by molar-refractivity contribution is 8.29. The third-order valence-electron chi connectivity index (χ3n) is 5.94. The number of hydrazone groups is 1. The van der Waals surface area contributed by atoms with Gasteiger partial charge < -0.3 is 14.2 Å². The molecule has 3 aliphatic heterocycles. The number of para-hydroxylation sites is 1.